The molecule has 1 aromatic heterocycles. The van der Waals surface area contributed by atoms with Crippen molar-refractivity contribution in [2.24, 2.45) is 4.99 Å². The maximum Gasteiger partial charge on any atom is 0.208 e. The molecule has 0 fully saturated rings. The first-order valence-corrected chi connectivity index (χ1v) is 8.67. The fourth-order valence-electron chi connectivity index (χ4n) is 1.52. The summed E-state index contributed by atoms with van der Waals surface area (Å²) in [6, 6.07) is 3.67. The van der Waals surface area contributed by atoms with Gasteiger partial charge < -0.3 is 10.6 Å². The topological polar surface area (TPSA) is 95.5 Å². The van der Waals surface area contributed by atoms with E-state index in [-0.39, 0.29) is 24.0 Å². The molecule has 7 nitrogen and oxygen atoms in total. The SMILES string of the molecule is CN=C(NCCNS(C)(=O)=O)NCCc1ccc(Cl)nc1.I. The second-order valence-corrected chi connectivity index (χ2v) is 6.55. The van der Waals surface area contributed by atoms with Gasteiger partial charge >= 0.3 is 0 Å². The maximum atomic E-state index is 10.9. The summed E-state index contributed by atoms with van der Waals surface area (Å²) in [4.78, 5) is 8.06. The van der Waals surface area contributed by atoms with Gasteiger partial charge in [0, 0.05) is 32.9 Å². The standard InChI is InChI=1S/C12H20ClN5O2S.HI/c1-14-12(16-7-8-18-21(2,19)20)15-6-5-10-3-4-11(13)17-9-10;/h3-4,9,18H,5-8H2,1-2H3,(H2,14,15,16);1H. The van der Waals surface area contributed by atoms with Crippen molar-refractivity contribution >= 4 is 51.6 Å². The van der Waals surface area contributed by atoms with Gasteiger partial charge in [0.25, 0.3) is 0 Å². The lowest BCUT2D eigenvalue weighted by molar-refractivity contribution is 0.586. The first kappa shape index (κ1) is 21.4. The van der Waals surface area contributed by atoms with Gasteiger partial charge in [0.05, 0.1) is 6.26 Å². The lowest BCUT2D eigenvalue weighted by Crippen LogP contribution is -2.42. The maximum absolute atomic E-state index is 10.9. The van der Waals surface area contributed by atoms with Crippen LogP contribution in [0.3, 0.4) is 0 Å². The van der Waals surface area contributed by atoms with Crippen LogP contribution in [-0.2, 0) is 16.4 Å². The van der Waals surface area contributed by atoms with Crippen LogP contribution in [0.25, 0.3) is 0 Å². The molecule has 0 bridgehead atoms. The van der Waals surface area contributed by atoms with Gasteiger partial charge in [-0.25, -0.2) is 18.1 Å². The van der Waals surface area contributed by atoms with Gasteiger partial charge in [-0.3, -0.25) is 4.99 Å². The molecule has 0 saturated heterocycles. The summed E-state index contributed by atoms with van der Waals surface area (Å²) in [6.07, 6.45) is 3.64. The summed E-state index contributed by atoms with van der Waals surface area (Å²) in [6.45, 7) is 1.44. The van der Waals surface area contributed by atoms with E-state index in [4.69, 9.17) is 11.6 Å². The Hall–Kier alpha value is -0.650. The Bertz CT molecular complexity index is 565. The summed E-state index contributed by atoms with van der Waals surface area (Å²) in [5.74, 6) is 0.618. The van der Waals surface area contributed by atoms with Crippen molar-refractivity contribution in [3.8, 4) is 0 Å². The van der Waals surface area contributed by atoms with Crippen LogP contribution < -0.4 is 15.4 Å². The van der Waals surface area contributed by atoms with Crippen molar-refractivity contribution in [3.63, 3.8) is 0 Å². The number of nitrogens with one attached hydrogen (secondary N) is 3. The molecule has 0 aliphatic carbocycles. The average molecular weight is 462 g/mol. The Morgan fingerprint density at radius 2 is 1.95 bits per heavy atom. The Morgan fingerprint density at radius 3 is 2.50 bits per heavy atom. The molecule has 0 aliphatic heterocycles. The van der Waals surface area contributed by atoms with E-state index in [2.05, 4.69) is 25.3 Å². The van der Waals surface area contributed by atoms with E-state index in [0.717, 1.165) is 18.2 Å². The number of halogens is 2. The second-order valence-electron chi connectivity index (χ2n) is 4.33. The molecule has 0 atom stereocenters. The van der Waals surface area contributed by atoms with Crippen LogP contribution in [0, 0.1) is 0 Å². The van der Waals surface area contributed by atoms with Crippen LogP contribution in [0.4, 0.5) is 0 Å². The van der Waals surface area contributed by atoms with Gasteiger partial charge in [-0.2, -0.15) is 0 Å². The molecule has 1 aromatic rings. The van der Waals surface area contributed by atoms with Crippen molar-refractivity contribution in [2.75, 3.05) is 32.9 Å². The van der Waals surface area contributed by atoms with Gasteiger partial charge in [-0.15, -0.1) is 24.0 Å². The lowest BCUT2D eigenvalue weighted by atomic mass is 10.2. The van der Waals surface area contributed by atoms with E-state index in [9.17, 15) is 8.42 Å². The first-order chi connectivity index (χ1) is 9.90. The number of aliphatic imine (C=N–C) groups is 1. The van der Waals surface area contributed by atoms with E-state index in [0.29, 0.717) is 30.7 Å². The highest BCUT2D eigenvalue weighted by molar-refractivity contribution is 14.0. The number of sulfonamides is 1. The third-order valence-corrected chi connectivity index (χ3v) is 3.45. The average Bonchev–Trinajstić information content (AvgIpc) is 2.42. The normalized spacial score (nSPS) is 11.7. The van der Waals surface area contributed by atoms with Crippen molar-refractivity contribution < 1.29 is 8.42 Å². The summed E-state index contributed by atoms with van der Waals surface area (Å²) < 4.78 is 24.2. The zero-order valence-corrected chi connectivity index (χ0v) is 16.4. The Kier molecular flexibility index (Phi) is 10.6. The number of hydrogen-bond acceptors (Lipinski definition) is 4. The van der Waals surface area contributed by atoms with Gasteiger partial charge in [0.15, 0.2) is 5.96 Å². The predicted octanol–water partition coefficient (Wildman–Crippen LogP) is 0.610. The highest BCUT2D eigenvalue weighted by atomic mass is 127. The molecule has 1 rings (SSSR count). The molecule has 22 heavy (non-hydrogen) atoms. The second kappa shape index (κ2) is 11.0. The molecule has 0 saturated carbocycles. The highest BCUT2D eigenvalue weighted by Gasteiger charge is 2.01. The van der Waals surface area contributed by atoms with E-state index in [1.54, 1.807) is 19.3 Å². The fraction of sp³-hybridized carbons (Fsp3) is 0.500. The number of pyridine rings is 1. The third kappa shape index (κ3) is 10.1. The van der Waals surface area contributed by atoms with Crippen LogP contribution in [0.15, 0.2) is 23.3 Å². The number of nitrogens with zero attached hydrogens (tertiary/aromatic N) is 2. The van der Waals surface area contributed by atoms with Gasteiger partial charge in [0.1, 0.15) is 5.15 Å². The minimum Gasteiger partial charge on any atom is -0.356 e. The molecule has 0 aliphatic rings. The summed E-state index contributed by atoms with van der Waals surface area (Å²) in [7, 11) is -1.50. The molecule has 10 heteroatoms. The highest BCUT2D eigenvalue weighted by Crippen LogP contribution is 2.05. The fourth-order valence-corrected chi connectivity index (χ4v) is 2.10. The van der Waals surface area contributed by atoms with Crippen LogP contribution in [0.2, 0.25) is 5.15 Å². The molecular weight excluding hydrogens is 441 g/mol. The van der Waals surface area contributed by atoms with Crippen LogP contribution in [-0.4, -0.2) is 52.3 Å². The van der Waals surface area contributed by atoms with Crippen molar-refractivity contribution in [1.82, 2.24) is 20.3 Å². The van der Waals surface area contributed by atoms with Crippen molar-refractivity contribution in [3.05, 3.63) is 29.0 Å². The molecule has 126 valence electrons. The number of aromatic nitrogens is 1. The van der Waals surface area contributed by atoms with E-state index in [1.165, 1.54) is 0 Å². The van der Waals surface area contributed by atoms with Crippen LogP contribution in [0.1, 0.15) is 5.56 Å². The summed E-state index contributed by atoms with van der Waals surface area (Å²) in [5.41, 5.74) is 1.07. The molecule has 0 spiro atoms. The first-order valence-electron chi connectivity index (χ1n) is 6.40. The zero-order valence-electron chi connectivity index (χ0n) is 12.5. The Balaban J connectivity index is 0.00000441. The predicted molar refractivity (Wildman–Crippen MR) is 101 cm³/mol. The Morgan fingerprint density at radius 1 is 1.27 bits per heavy atom. The molecule has 0 unspecified atom stereocenters. The zero-order chi connectivity index (χ0) is 15.7. The largest absolute Gasteiger partial charge is 0.356 e. The minimum atomic E-state index is -3.15. The molecule has 0 aromatic carbocycles. The summed E-state index contributed by atoms with van der Waals surface area (Å²) in [5, 5.41) is 6.62. The van der Waals surface area contributed by atoms with Gasteiger partial charge in [0.2, 0.25) is 10.0 Å². The van der Waals surface area contributed by atoms with E-state index < -0.39 is 10.0 Å². The summed E-state index contributed by atoms with van der Waals surface area (Å²) >= 11 is 5.72. The van der Waals surface area contributed by atoms with Gasteiger partial charge in [-0.1, -0.05) is 17.7 Å². The molecular formula is C12H21ClIN5O2S. The number of hydrogen-bond donors (Lipinski definition) is 3. The van der Waals surface area contributed by atoms with Crippen LogP contribution in [0.5, 0.6) is 0 Å². The third-order valence-electron chi connectivity index (χ3n) is 2.50. The van der Waals surface area contributed by atoms with Crippen LogP contribution >= 0.6 is 35.6 Å². The lowest BCUT2D eigenvalue weighted by Gasteiger charge is -2.11. The van der Waals surface area contributed by atoms with Crippen molar-refractivity contribution in [2.45, 2.75) is 6.42 Å². The molecule has 0 radical (unpaired) electrons. The van der Waals surface area contributed by atoms with E-state index >= 15 is 0 Å². The molecule has 1 heterocycles. The molecule has 0 amide bonds. The monoisotopic (exact) mass is 461 g/mol. The minimum absolute atomic E-state index is 0. The van der Waals surface area contributed by atoms with Crippen molar-refractivity contribution in [1.29, 1.82) is 0 Å². The Labute approximate surface area is 153 Å². The van der Waals surface area contributed by atoms with Gasteiger partial charge in [-0.05, 0) is 18.1 Å². The quantitative estimate of drug-likeness (QED) is 0.182. The van der Waals surface area contributed by atoms with E-state index in [1.807, 2.05) is 6.07 Å². The number of guanidine groups is 1. The smallest absolute Gasteiger partial charge is 0.208 e. The molecule has 3 N–H and O–H groups in total. The number of rotatable bonds is 7.